The lowest BCUT2D eigenvalue weighted by Crippen LogP contribution is -1.98. The van der Waals surface area contributed by atoms with Gasteiger partial charge in [0.25, 0.3) is 0 Å². The molecule has 0 amide bonds. The largest absolute Gasteiger partial charge is 0.388 e. The summed E-state index contributed by atoms with van der Waals surface area (Å²) in [5, 5.41) is 9.92. The van der Waals surface area contributed by atoms with Crippen LogP contribution in [-0.4, -0.2) is 12.2 Å². The van der Waals surface area contributed by atoms with E-state index in [9.17, 15) is 5.11 Å². The lowest BCUT2D eigenvalue weighted by Gasteiger charge is -2.10. The van der Waals surface area contributed by atoms with Crippen molar-refractivity contribution < 1.29 is 9.84 Å². The molecule has 1 aliphatic rings. The number of hydrogen-bond acceptors (Lipinski definition) is 2. The van der Waals surface area contributed by atoms with Crippen molar-refractivity contribution in [3.05, 3.63) is 35.4 Å². The van der Waals surface area contributed by atoms with Gasteiger partial charge in [0.15, 0.2) is 0 Å². The average Bonchev–Trinajstić information content (AvgIpc) is 3.03. The molecule has 0 aromatic heterocycles. The molecule has 2 nitrogen and oxygen atoms in total. The van der Waals surface area contributed by atoms with E-state index in [4.69, 9.17) is 4.74 Å². The highest BCUT2D eigenvalue weighted by molar-refractivity contribution is 5.23. The Morgan fingerprint density at radius 3 is 2.53 bits per heavy atom. The third-order valence-corrected chi connectivity index (χ3v) is 2.93. The Balaban J connectivity index is 1.95. The molecule has 1 aromatic carbocycles. The van der Waals surface area contributed by atoms with Crippen LogP contribution in [0.5, 0.6) is 0 Å². The zero-order valence-corrected chi connectivity index (χ0v) is 9.15. The van der Waals surface area contributed by atoms with Crippen molar-refractivity contribution >= 4 is 0 Å². The molecule has 1 aromatic rings. The Morgan fingerprint density at radius 1 is 1.33 bits per heavy atom. The lowest BCUT2D eigenvalue weighted by atomic mass is 10.0. The zero-order valence-electron chi connectivity index (χ0n) is 9.15. The van der Waals surface area contributed by atoms with Crippen LogP contribution in [0.4, 0.5) is 0 Å². The summed E-state index contributed by atoms with van der Waals surface area (Å²) in [5.74, 6) is 0.763. The van der Waals surface area contributed by atoms with E-state index >= 15 is 0 Å². The summed E-state index contributed by atoms with van der Waals surface area (Å²) in [6.07, 6.45) is 3.22. The van der Waals surface area contributed by atoms with E-state index in [1.54, 1.807) is 7.11 Å². The van der Waals surface area contributed by atoms with Crippen LogP contribution in [0.1, 0.15) is 36.5 Å². The summed E-state index contributed by atoms with van der Waals surface area (Å²) in [6, 6.07) is 8.05. The van der Waals surface area contributed by atoms with Gasteiger partial charge in [0.2, 0.25) is 0 Å². The van der Waals surface area contributed by atoms with E-state index in [-0.39, 0.29) is 6.10 Å². The first kappa shape index (κ1) is 10.7. The van der Waals surface area contributed by atoms with Crippen molar-refractivity contribution in [1.82, 2.24) is 0 Å². The molecule has 0 bridgehead atoms. The third-order valence-electron chi connectivity index (χ3n) is 2.93. The number of rotatable bonds is 5. The van der Waals surface area contributed by atoms with E-state index in [0.29, 0.717) is 6.61 Å². The fraction of sp³-hybridized carbons (Fsp3) is 0.538. The SMILES string of the molecule is COCc1ccc(C(O)CC2CC2)cc1. The van der Waals surface area contributed by atoms with Crippen LogP contribution in [0.2, 0.25) is 0 Å². The van der Waals surface area contributed by atoms with Crippen molar-refractivity contribution in [2.75, 3.05) is 7.11 Å². The molecule has 0 aliphatic heterocycles. The third kappa shape index (κ3) is 3.05. The van der Waals surface area contributed by atoms with Crippen LogP contribution in [0.3, 0.4) is 0 Å². The van der Waals surface area contributed by atoms with Crippen LogP contribution in [-0.2, 0) is 11.3 Å². The highest BCUT2D eigenvalue weighted by Gasteiger charge is 2.24. The molecule has 0 saturated heterocycles. The number of ether oxygens (including phenoxy) is 1. The van der Waals surface area contributed by atoms with Gasteiger partial charge in [-0.15, -0.1) is 0 Å². The zero-order chi connectivity index (χ0) is 10.7. The molecule has 1 saturated carbocycles. The number of aliphatic hydroxyl groups is 1. The fourth-order valence-corrected chi connectivity index (χ4v) is 1.81. The van der Waals surface area contributed by atoms with E-state index in [1.807, 2.05) is 24.3 Å². The van der Waals surface area contributed by atoms with E-state index < -0.39 is 0 Å². The maximum Gasteiger partial charge on any atom is 0.0792 e. The molecule has 82 valence electrons. The first-order valence-corrected chi connectivity index (χ1v) is 5.55. The topological polar surface area (TPSA) is 29.5 Å². The minimum atomic E-state index is -0.283. The molecule has 1 atom stereocenters. The molecule has 0 radical (unpaired) electrons. The summed E-state index contributed by atoms with van der Waals surface area (Å²) >= 11 is 0. The van der Waals surface area contributed by atoms with Crippen molar-refractivity contribution in [3.63, 3.8) is 0 Å². The van der Waals surface area contributed by atoms with Gasteiger partial charge in [-0.3, -0.25) is 0 Å². The minimum Gasteiger partial charge on any atom is -0.388 e. The lowest BCUT2D eigenvalue weighted by molar-refractivity contribution is 0.160. The summed E-state index contributed by atoms with van der Waals surface area (Å²) in [7, 11) is 1.69. The van der Waals surface area contributed by atoms with Crippen molar-refractivity contribution in [1.29, 1.82) is 0 Å². The quantitative estimate of drug-likeness (QED) is 0.802. The normalized spacial score (nSPS) is 17.7. The van der Waals surface area contributed by atoms with Crippen LogP contribution >= 0.6 is 0 Å². The van der Waals surface area contributed by atoms with Gasteiger partial charge in [0, 0.05) is 7.11 Å². The molecule has 1 N–H and O–H groups in total. The predicted molar refractivity (Wildman–Crippen MR) is 59.5 cm³/mol. The van der Waals surface area contributed by atoms with Crippen LogP contribution in [0.15, 0.2) is 24.3 Å². The van der Waals surface area contributed by atoms with E-state index in [2.05, 4.69) is 0 Å². The van der Waals surface area contributed by atoms with Gasteiger partial charge in [-0.25, -0.2) is 0 Å². The number of hydrogen-bond donors (Lipinski definition) is 1. The second kappa shape index (κ2) is 4.77. The molecular formula is C13H18O2. The Labute approximate surface area is 90.9 Å². The maximum absolute atomic E-state index is 9.92. The summed E-state index contributed by atoms with van der Waals surface area (Å²) in [5.41, 5.74) is 2.18. The average molecular weight is 206 g/mol. The summed E-state index contributed by atoms with van der Waals surface area (Å²) < 4.78 is 5.04. The summed E-state index contributed by atoms with van der Waals surface area (Å²) in [4.78, 5) is 0. The highest BCUT2D eigenvalue weighted by atomic mass is 16.5. The molecule has 1 unspecified atom stereocenters. The van der Waals surface area contributed by atoms with Crippen molar-refractivity contribution in [3.8, 4) is 0 Å². The van der Waals surface area contributed by atoms with Gasteiger partial charge in [0.05, 0.1) is 12.7 Å². The Hall–Kier alpha value is -0.860. The second-order valence-electron chi connectivity index (χ2n) is 4.37. The molecule has 1 fully saturated rings. The molecule has 0 heterocycles. The first-order chi connectivity index (χ1) is 7.29. The Morgan fingerprint density at radius 2 is 2.00 bits per heavy atom. The smallest absolute Gasteiger partial charge is 0.0792 e. The summed E-state index contributed by atoms with van der Waals surface area (Å²) in [6.45, 7) is 0.638. The van der Waals surface area contributed by atoms with Gasteiger partial charge in [-0.05, 0) is 23.5 Å². The Bertz CT molecular complexity index is 301. The van der Waals surface area contributed by atoms with Crippen LogP contribution in [0.25, 0.3) is 0 Å². The van der Waals surface area contributed by atoms with Gasteiger partial charge in [-0.1, -0.05) is 37.1 Å². The van der Waals surface area contributed by atoms with Gasteiger partial charge < -0.3 is 9.84 Å². The van der Waals surface area contributed by atoms with Crippen molar-refractivity contribution in [2.45, 2.75) is 32.0 Å². The second-order valence-corrected chi connectivity index (χ2v) is 4.37. The molecule has 1 aliphatic carbocycles. The van der Waals surface area contributed by atoms with Gasteiger partial charge in [-0.2, -0.15) is 0 Å². The molecule has 15 heavy (non-hydrogen) atoms. The molecule has 0 spiro atoms. The van der Waals surface area contributed by atoms with Crippen LogP contribution in [0, 0.1) is 5.92 Å². The first-order valence-electron chi connectivity index (χ1n) is 5.55. The predicted octanol–water partition coefficient (Wildman–Crippen LogP) is 2.67. The fourth-order valence-electron chi connectivity index (χ4n) is 1.81. The number of benzene rings is 1. The molecular weight excluding hydrogens is 188 g/mol. The molecule has 2 heteroatoms. The Kier molecular flexibility index (Phi) is 3.39. The van der Waals surface area contributed by atoms with Crippen molar-refractivity contribution in [2.24, 2.45) is 5.92 Å². The van der Waals surface area contributed by atoms with Gasteiger partial charge in [0.1, 0.15) is 0 Å². The number of aliphatic hydroxyl groups excluding tert-OH is 1. The standard InChI is InChI=1S/C13H18O2/c1-15-9-11-4-6-12(7-5-11)13(14)8-10-2-3-10/h4-7,10,13-14H,2-3,8-9H2,1H3. The number of methoxy groups -OCH3 is 1. The van der Waals surface area contributed by atoms with Gasteiger partial charge >= 0.3 is 0 Å². The van der Waals surface area contributed by atoms with Crippen LogP contribution < -0.4 is 0 Å². The minimum absolute atomic E-state index is 0.283. The van der Waals surface area contributed by atoms with E-state index in [0.717, 1.165) is 23.5 Å². The monoisotopic (exact) mass is 206 g/mol. The highest BCUT2D eigenvalue weighted by Crippen LogP contribution is 2.37. The maximum atomic E-state index is 9.92. The molecule has 2 rings (SSSR count). The van der Waals surface area contributed by atoms with E-state index in [1.165, 1.54) is 12.8 Å².